The van der Waals surface area contributed by atoms with E-state index in [4.69, 9.17) is 9.84 Å². The zero-order valence-electron chi connectivity index (χ0n) is 19.3. The molecule has 0 spiro atoms. The summed E-state index contributed by atoms with van der Waals surface area (Å²) in [5, 5.41) is 17.4. The molecule has 0 atom stereocenters. The highest BCUT2D eigenvalue weighted by Crippen LogP contribution is 2.48. The lowest BCUT2D eigenvalue weighted by molar-refractivity contribution is -0.137. The van der Waals surface area contributed by atoms with E-state index >= 15 is 0 Å². The minimum absolute atomic E-state index is 0.0471. The lowest BCUT2D eigenvalue weighted by Gasteiger charge is -2.17. The quantitative estimate of drug-likeness (QED) is 0.614. The molecule has 9 nitrogen and oxygen atoms in total. The normalized spacial score (nSPS) is 16.0. The van der Waals surface area contributed by atoms with Gasteiger partial charge < -0.3 is 14.7 Å². The van der Waals surface area contributed by atoms with E-state index in [9.17, 15) is 9.59 Å². The summed E-state index contributed by atoms with van der Waals surface area (Å²) in [6, 6.07) is 3.67. The molecule has 4 rings (SSSR count). The molecule has 1 N–H and O–H groups in total. The number of nitrogens with zero attached hydrogens (tertiary/aromatic N) is 5. The molecular formula is C24H29N5O4. The summed E-state index contributed by atoms with van der Waals surface area (Å²) in [6.07, 6.45) is 4.86. The van der Waals surface area contributed by atoms with Crippen LogP contribution in [0, 0.1) is 30.1 Å². The number of rotatable bonds is 8. The van der Waals surface area contributed by atoms with Gasteiger partial charge in [-0.1, -0.05) is 29.9 Å². The van der Waals surface area contributed by atoms with Gasteiger partial charge in [0.1, 0.15) is 18.0 Å². The molecule has 0 saturated heterocycles. The Balaban J connectivity index is 1.44. The van der Waals surface area contributed by atoms with Crippen LogP contribution in [-0.4, -0.2) is 55.6 Å². The van der Waals surface area contributed by atoms with Crippen molar-refractivity contribution in [2.75, 3.05) is 13.6 Å². The van der Waals surface area contributed by atoms with Crippen LogP contribution in [0.5, 0.6) is 0 Å². The predicted octanol–water partition coefficient (Wildman–Crippen LogP) is 3.16. The van der Waals surface area contributed by atoms with E-state index in [2.05, 4.69) is 27.1 Å². The summed E-state index contributed by atoms with van der Waals surface area (Å²) >= 11 is 0. The molecule has 0 aliphatic heterocycles. The zero-order chi connectivity index (χ0) is 23.6. The Hall–Kier alpha value is -3.41. The Bertz CT molecular complexity index is 1120. The number of carboxylic acid groups (broad SMARTS) is 1. The van der Waals surface area contributed by atoms with Gasteiger partial charge in [0.25, 0.3) is 0 Å². The third-order valence-electron chi connectivity index (χ3n) is 6.29. The molecule has 9 heteroatoms. The minimum Gasteiger partial charge on any atom is -0.481 e. The molecule has 0 unspecified atom stereocenters. The van der Waals surface area contributed by atoms with Crippen LogP contribution in [-0.2, 0) is 23.2 Å². The van der Waals surface area contributed by atoms with Crippen LogP contribution in [0.4, 0.5) is 4.79 Å². The summed E-state index contributed by atoms with van der Waals surface area (Å²) in [5.74, 6) is 6.17. The first-order valence-electron chi connectivity index (χ1n) is 11.3. The number of ether oxygens (including phenoxy) is 1. The first-order chi connectivity index (χ1) is 15.8. The molecule has 2 aliphatic carbocycles. The third-order valence-corrected chi connectivity index (χ3v) is 6.29. The van der Waals surface area contributed by atoms with Gasteiger partial charge >= 0.3 is 12.1 Å². The monoisotopic (exact) mass is 451 g/mol. The highest BCUT2D eigenvalue weighted by molar-refractivity contribution is 5.69. The third kappa shape index (κ3) is 5.69. The minimum atomic E-state index is -0.822. The number of amides is 1. The standard InChI is InChI=1S/C24H29N5O4/c1-16-18(8-10-24(11-12-24)14-21(30)31)6-7-19(25-16)22-20(29(3)27-26-22)15-33-23(32)28(2)13-9-17-4-5-17/h6-7,17H,4-5,9,11-15H2,1-3H3,(H,30,31). The van der Waals surface area contributed by atoms with Crippen molar-refractivity contribution in [3.8, 4) is 23.2 Å². The van der Waals surface area contributed by atoms with Crippen molar-refractivity contribution in [3.63, 3.8) is 0 Å². The van der Waals surface area contributed by atoms with Crippen LogP contribution in [0.2, 0.25) is 0 Å². The molecule has 33 heavy (non-hydrogen) atoms. The van der Waals surface area contributed by atoms with Crippen molar-refractivity contribution in [2.24, 2.45) is 18.4 Å². The maximum Gasteiger partial charge on any atom is 0.409 e. The van der Waals surface area contributed by atoms with E-state index < -0.39 is 11.4 Å². The van der Waals surface area contributed by atoms with Crippen molar-refractivity contribution >= 4 is 12.1 Å². The van der Waals surface area contributed by atoms with Gasteiger partial charge in [0.2, 0.25) is 0 Å². The smallest absolute Gasteiger partial charge is 0.409 e. The lowest BCUT2D eigenvalue weighted by Crippen LogP contribution is -2.28. The van der Waals surface area contributed by atoms with Gasteiger partial charge in [-0.3, -0.25) is 9.78 Å². The number of aromatic nitrogens is 4. The Kier molecular flexibility index (Phi) is 6.36. The molecule has 0 radical (unpaired) electrons. The maximum atomic E-state index is 12.3. The van der Waals surface area contributed by atoms with Crippen molar-refractivity contribution in [2.45, 2.75) is 52.1 Å². The summed E-state index contributed by atoms with van der Waals surface area (Å²) in [6.45, 7) is 2.59. The number of aliphatic carboxylic acids is 1. The van der Waals surface area contributed by atoms with E-state index in [0.29, 0.717) is 23.6 Å². The highest BCUT2D eigenvalue weighted by Gasteiger charge is 2.43. The molecule has 2 saturated carbocycles. The molecule has 0 bridgehead atoms. The number of carbonyl (C=O) groups is 2. The second-order valence-electron chi connectivity index (χ2n) is 9.15. The molecule has 0 aromatic carbocycles. The first-order valence-corrected chi connectivity index (χ1v) is 11.3. The Labute approximate surface area is 193 Å². The van der Waals surface area contributed by atoms with Crippen LogP contribution >= 0.6 is 0 Å². The lowest BCUT2D eigenvalue weighted by atomic mass is 10.0. The Morgan fingerprint density at radius 3 is 2.73 bits per heavy atom. The van der Waals surface area contributed by atoms with Gasteiger partial charge in [-0.05, 0) is 44.2 Å². The van der Waals surface area contributed by atoms with Gasteiger partial charge in [0.15, 0.2) is 0 Å². The average Bonchev–Trinajstić information content (AvgIpc) is 3.70. The summed E-state index contributed by atoms with van der Waals surface area (Å²) in [5.41, 5.74) is 2.90. The molecule has 2 fully saturated rings. The van der Waals surface area contributed by atoms with E-state index in [-0.39, 0.29) is 19.1 Å². The van der Waals surface area contributed by atoms with Crippen molar-refractivity contribution in [1.29, 1.82) is 0 Å². The Morgan fingerprint density at radius 2 is 2.09 bits per heavy atom. The Morgan fingerprint density at radius 1 is 1.33 bits per heavy atom. The molecule has 2 aromatic heterocycles. The number of hydrogen-bond donors (Lipinski definition) is 1. The van der Waals surface area contributed by atoms with Gasteiger partial charge in [-0.25, -0.2) is 9.48 Å². The molecule has 174 valence electrons. The number of hydrogen-bond acceptors (Lipinski definition) is 6. The van der Waals surface area contributed by atoms with Crippen molar-refractivity contribution in [3.05, 3.63) is 29.1 Å². The van der Waals surface area contributed by atoms with Crippen LogP contribution < -0.4 is 0 Å². The topological polar surface area (TPSA) is 110 Å². The van der Waals surface area contributed by atoms with E-state index in [0.717, 1.165) is 36.4 Å². The fraction of sp³-hybridized carbons (Fsp3) is 0.542. The summed E-state index contributed by atoms with van der Waals surface area (Å²) < 4.78 is 7.08. The second kappa shape index (κ2) is 9.22. The molecule has 2 aromatic rings. The highest BCUT2D eigenvalue weighted by atomic mass is 16.6. The summed E-state index contributed by atoms with van der Waals surface area (Å²) in [4.78, 5) is 29.6. The largest absolute Gasteiger partial charge is 0.481 e. The molecule has 2 aliphatic rings. The fourth-order valence-corrected chi connectivity index (χ4v) is 3.66. The van der Waals surface area contributed by atoms with Gasteiger partial charge in [-0.15, -0.1) is 5.10 Å². The summed E-state index contributed by atoms with van der Waals surface area (Å²) in [7, 11) is 3.50. The van der Waals surface area contributed by atoms with Crippen molar-refractivity contribution < 1.29 is 19.4 Å². The van der Waals surface area contributed by atoms with Crippen LogP contribution in [0.15, 0.2) is 12.1 Å². The first kappa shape index (κ1) is 22.8. The van der Waals surface area contributed by atoms with Crippen LogP contribution in [0.3, 0.4) is 0 Å². The number of carboxylic acids is 1. The SMILES string of the molecule is Cc1nc(-c2nnn(C)c2COC(=O)N(C)CCC2CC2)ccc1C#CC1(CC(=O)O)CC1. The predicted molar refractivity (Wildman–Crippen MR) is 120 cm³/mol. The van der Waals surface area contributed by atoms with E-state index in [1.54, 1.807) is 23.7 Å². The van der Waals surface area contributed by atoms with Gasteiger partial charge in [0.05, 0.1) is 17.8 Å². The fourth-order valence-electron chi connectivity index (χ4n) is 3.66. The van der Waals surface area contributed by atoms with Gasteiger partial charge in [-0.2, -0.15) is 0 Å². The van der Waals surface area contributed by atoms with Crippen molar-refractivity contribution in [1.82, 2.24) is 24.9 Å². The van der Waals surface area contributed by atoms with Crippen LogP contribution in [0.25, 0.3) is 11.4 Å². The van der Waals surface area contributed by atoms with Gasteiger partial charge in [0, 0.05) is 31.6 Å². The molecular weight excluding hydrogens is 422 g/mol. The number of carbonyl (C=O) groups excluding carboxylic acids is 1. The maximum absolute atomic E-state index is 12.3. The van der Waals surface area contributed by atoms with E-state index in [1.165, 1.54) is 12.8 Å². The number of pyridine rings is 1. The number of aryl methyl sites for hydroxylation is 2. The van der Waals surface area contributed by atoms with Crippen LogP contribution in [0.1, 0.15) is 55.5 Å². The molecule has 1 amide bonds. The zero-order valence-corrected chi connectivity index (χ0v) is 19.3. The average molecular weight is 452 g/mol. The van der Waals surface area contributed by atoms with E-state index in [1.807, 2.05) is 19.1 Å². The second-order valence-corrected chi connectivity index (χ2v) is 9.15. The molecule has 2 heterocycles.